The van der Waals surface area contributed by atoms with Crippen LogP contribution >= 0.6 is 0 Å². The van der Waals surface area contributed by atoms with Gasteiger partial charge in [-0.1, -0.05) is 0 Å². The standard InChI is InChI=1S/C13H17N3O4/c14-9-1-2-11(10(7-9)13(15)18)20-8-12(17)16-3-5-19-6-4-16/h1-2,7H,3-6,8,14H2,(H2,15,18). The number of morpholine rings is 1. The molecule has 0 bridgehead atoms. The highest BCUT2D eigenvalue weighted by Gasteiger charge is 2.18. The third-order valence-corrected chi connectivity index (χ3v) is 2.98. The van der Waals surface area contributed by atoms with Crippen molar-refractivity contribution in [1.82, 2.24) is 4.90 Å². The van der Waals surface area contributed by atoms with Crippen LogP contribution in [0.1, 0.15) is 10.4 Å². The molecule has 0 aromatic heterocycles. The van der Waals surface area contributed by atoms with Crippen LogP contribution in [0.2, 0.25) is 0 Å². The number of amides is 2. The molecule has 7 nitrogen and oxygen atoms in total. The fourth-order valence-corrected chi connectivity index (χ4v) is 1.91. The molecule has 1 aromatic rings. The summed E-state index contributed by atoms with van der Waals surface area (Å²) >= 11 is 0. The molecule has 7 heteroatoms. The van der Waals surface area contributed by atoms with E-state index in [9.17, 15) is 9.59 Å². The normalized spacial score (nSPS) is 14.9. The maximum absolute atomic E-state index is 11.9. The smallest absolute Gasteiger partial charge is 0.260 e. The van der Waals surface area contributed by atoms with Crippen LogP contribution < -0.4 is 16.2 Å². The summed E-state index contributed by atoms with van der Waals surface area (Å²) in [7, 11) is 0. The van der Waals surface area contributed by atoms with Crippen LogP contribution in [-0.4, -0.2) is 49.6 Å². The van der Waals surface area contributed by atoms with Crippen LogP contribution in [0.15, 0.2) is 18.2 Å². The van der Waals surface area contributed by atoms with E-state index in [2.05, 4.69) is 0 Å². The van der Waals surface area contributed by atoms with Gasteiger partial charge in [-0.05, 0) is 18.2 Å². The maximum atomic E-state index is 11.9. The zero-order valence-corrected chi connectivity index (χ0v) is 11.0. The first-order valence-corrected chi connectivity index (χ1v) is 6.25. The zero-order valence-electron chi connectivity index (χ0n) is 11.0. The van der Waals surface area contributed by atoms with Crippen molar-refractivity contribution in [3.05, 3.63) is 23.8 Å². The van der Waals surface area contributed by atoms with Crippen molar-refractivity contribution in [3.8, 4) is 5.75 Å². The van der Waals surface area contributed by atoms with Crippen molar-refractivity contribution in [2.75, 3.05) is 38.6 Å². The summed E-state index contributed by atoms with van der Waals surface area (Å²) in [4.78, 5) is 24.9. The lowest BCUT2D eigenvalue weighted by molar-refractivity contribution is -0.137. The fourth-order valence-electron chi connectivity index (χ4n) is 1.91. The second-order valence-corrected chi connectivity index (χ2v) is 4.40. The molecule has 20 heavy (non-hydrogen) atoms. The third-order valence-electron chi connectivity index (χ3n) is 2.98. The van der Waals surface area contributed by atoms with Crippen molar-refractivity contribution >= 4 is 17.5 Å². The Labute approximate surface area is 116 Å². The summed E-state index contributed by atoms with van der Waals surface area (Å²) in [6, 6.07) is 4.54. The van der Waals surface area contributed by atoms with Crippen LogP contribution in [0, 0.1) is 0 Å². The molecule has 2 amide bonds. The highest BCUT2D eigenvalue weighted by Crippen LogP contribution is 2.21. The fraction of sp³-hybridized carbons (Fsp3) is 0.385. The molecule has 0 saturated carbocycles. The zero-order chi connectivity index (χ0) is 14.5. The summed E-state index contributed by atoms with van der Waals surface area (Å²) in [5.41, 5.74) is 11.4. The van der Waals surface area contributed by atoms with Crippen LogP contribution in [-0.2, 0) is 9.53 Å². The monoisotopic (exact) mass is 279 g/mol. The number of anilines is 1. The molecule has 1 heterocycles. The highest BCUT2D eigenvalue weighted by atomic mass is 16.5. The Kier molecular flexibility index (Phi) is 4.41. The number of rotatable bonds is 4. The molecule has 1 aliphatic rings. The number of benzene rings is 1. The highest BCUT2D eigenvalue weighted by molar-refractivity contribution is 5.96. The molecule has 1 fully saturated rings. The lowest BCUT2D eigenvalue weighted by Crippen LogP contribution is -2.43. The number of nitrogens with zero attached hydrogens (tertiary/aromatic N) is 1. The minimum Gasteiger partial charge on any atom is -0.483 e. The number of carbonyl (C=O) groups is 2. The molecular weight excluding hydrogens is 262 g/mol. The lowest BCUT2D eigenvalue weighted by atomic mass is 10.1. The average Bonchev–Trinajstić information content (AvgIpc) is 2.46. The van der Waals surface area contributed by atoms with E-state index in [4.69, 9.17) is 20.9 Å². The molecule has 0 unspecified atom stereocenters. The van der Waals surface area contributed by atoms with Gasteiger partial charge in [0.25, 0.3) is 11.8 Å². The molecule has 1 aliphatic heterocycles. The maximum Gasteiger partial charge on any atom is 0.260 e. The SMILES string of the molecule is NC(=O)c1cc(N)ccc1OCC(=O)N1CCOCC1. The molecule has 1 saturated heterocycles. The van der Waals surface area contributed by atoms with Crippen LogP contribution in [0.5, 0.6) is 5.75 Å². The van der Waals surface area contributed by atoms with E-state index in [1.54, 1.807) is 11.0 Å². The Morgan fingerprint density at radius 1 is 1.30 bits per heavy atom. The number of ether oxygens (including phenoxy) is 2. The van der Waals surface area contributed by atoms with Crippen molar-refractivity contribution in [2.45, 2.75) is 0 Å². The van der Waals surface area contributed by atoms with Gasteiger partial charge in [-0.25, -0.2) is 0 Å². The van der Waals surface area contributed by atoms with Gasteiger partial charge >= 0.3 is 0 Å². The van der Waals surface area contributed by atoms with Gasteiger partial charge in [0.2, 0.25) is 0 Å². The van der Waals surface area contributed by atoms with Crippen LogP contribution in [0.4, 0.5) is 5.69 Å². The van der Waals surface area contributed by atoms with Crippen molar-refractivity contribution in [1.29, 1.82) is 0 Å². The number of hydrogen-bond donors (Lipinski definition) is 2. The van der Waals surface area contributed by atoms with Gasteiger partial charge in [0.05, 0.1) is 18.8 Å². The molecule has 2 rings (SSSR count). The van der Waals surface area contributed by atoms with E-state index in [-0.39, 0.29) is 23.8 Å². The molecule has 0 atom stereocenters. The van der Waals surface area contributed by atoms with Gasteiger partial charge in [-0.15, -0.1) is 0 Å². The van der Waals surface area contributed by atoms with E-state index >= 15 is 0 Å². The molecule has 0 radical (unpaired) electrons. The number of primary amides is 1. The Morgan fingerprint density at radius 2 is 2.00 bits per heavy atom. The predicted octanol–water partition coefficient (Wildman–Crippen LogP) is -0.395. The average molecular weight is 279 g/mol. The van der Waals surface area contributed by atoms with Gasteiger partial charge in [-0.3, -0.25) is 9.59 Å². The van der Waals surface area contributed by atoms with Crippen molar-refractivity contribution < 1.29 is 19.1 Å². The van der Waals surface area contributed by atoms with Gasteiger partial charge in [0.15, 0.2) is 6.61 Å². The predicted molar refractivity (Wildman–Crippen MR) is 72.3 cm³/mol. The molecule has 0 spiro atoms. The Bertz CT molecular complexity index is 512. The number of nitrogen functional groups attached to an aromatic ring is 1. The summed E-state index contributed by atoms with van der Waals surface area (Å²) in [6.45, 7) is 2.00. The topological polar surface area (TPSA) is 108 Å². The third kappa shape index (κ3) is 3.39. The first-order valence-electron chi connectivity index (χ1n) is 6.25. The number of hydrogen-bond acceptors (Lipinski definition) is 5. The molecular formula is C13H17N3O4. The first kappa shape index (κ1) is 14.1. The van der Waals surface area contributed by atoms with E-state index < -0.39 is 5.91 Å². The number of carbonyl (C=O) groups excluding carboxylic acids is 2. The van der Waals surface area contributed by atoms with Crippen molar-refractivity contribution in [3.63, 3.8) is 0 Å². The van der Waals surface area contributed by atoms with Gasteiger partial charge in [-0.2, -0.15) is 0 Å². The second-order valence-electron chi connectivity index (χ2n) is 4.40. The summed E-state index contributed by atoms with van der Waals surface area (Å²) in [5, 5.41) is 0. The lowest BCUT2D eigenvalue weighted by Gasteiger charge is -2.26. The van der Waals surface area contributed by atoms with Crippen LogP contribution in [0.3, 0.4) is 0 Å². The minimum atomic E-state index is -0.647. The van der Waals surface area contributed by atoms with E-state index in [0.717, 1.165) is 0 Å². The summed E-state index contributed by atoms with van der Waals surface area (Å²) < 4.78 is 10.5. The Hall–Kier alpha value is -2.28. The van der Waals surface area contributed by atoms with E-state index in [0.29, 0.717) is 32.0 Å². The minimum absolute atomic E-state index is 0.149. The number of nitrogens with two attached hydrogens (primary N) is 2. The molecule has 1 aromatic carbocycles. The van der Waals surface area contributed by atoms with Crippen molar-refractivity contribution in [2.24, 2.45) is 5.73 Å². The first-order chi connectivity index (χ1) is 9.58. The van der Waals surface area contributed by atoms with Crippen LogP contribution in [0.25, 0.3) is 0 Å². The quantitative estimate of drug-likeness (QED) is 0.729. The molecule has 108 valence electrons. The Balaban J connectivity index is 1.99. The van der Waals surface area contributed by atoms with Gasteiger partial charge < -0.3 is 25.8 Å². The van der Waals surface area contributed by atoms with E-state index in [1.807, 2.05) is 0 Å². The summed E-state index contributed by atoms with van der Waals surface area (Å²) in [6.07, 6.45) is 0. The largest absolute Gasteiger partial charge is 0.483 e. The van der Waals surface area contributed by atoms with Gasteiger partial charge in [0.1, 0.15) is 5.75 Å². The van der Waals surface area contributed by atoms with E-state index in [1.165, 1.54) is 12.1 Å². The second kappa shape index (κ2) is 6.25. The molecule has 4 N–H and O–H groups in total. The molecule has 0 aliphatic carbocycles. The Morgan fingerprint density at radius 3 is 2.65 bits per heavy atom. The summed E-state index contributed by atoms with van der Waals surface area (Å²) in [5.74, 6) is -0.542. The van der Waals surface area contributed by atoms with Gasteiger partial charge in [0, 0.05) is 18.8 Å².